The van der Waals surface area contributed by atoms with Gasteiger partial charge in [-0.1, -0.05) is 11.6 Å². The van der Waals surface area contributed by atoms with Gasteiger partial charge in [0.25, 0.3) is 11.6 Å². The highest BCUT2D eigenvalue weighted by Gasteiger charge is 2.22. The summed E-state index contributed by atoms with van der Waals surface area (Å²) in [5, 5.41) is 21.9. The predicted molar refractivity (Wildman–Crippen MR) is 74.3 cm³/mol. The molecule has 1 amide bonds. The van der Waals surface area contributed by atoms with Gasteiger partial charge in [0.2, 0.25) is 0 Å². The maximum Gasteiger partial charge on any atom is 0.303 e. The fraction of sp³-hybridized carbons (Fsp3) is 0.417. The second-order valence-corrected chi connectivity index (χ2v) is 4.83. The molecule has 1 heterocycles. The number of carboxylic acid groups (broad SMARTS) is 1. The van der Waals surface area contributed by atoms with Crippen LogP contribution < -0.4 is 5.32 Å². The fourth-order valence-electron chi connectivity index (χ4n) is 1.68. The number of pyridine rings is 1. The first-order valence-corrected chi connectivity index (χ1v) is 6.51. The fourth-order valence-corrected chi connectivity index (χ4v) is 1.84. The number of nitro groups is 1. The third-order valence-corrected chi connectivity index (χ3v) is 2.90. The van der Waals surface area contributed by atoms with Crippen molar-refractivity contribution in [1.82, 2.24) is 10.3 Å². The van der Waals surface area contributed by atoms with E-state index >= 15 is 0 Å². The van der Waals surface area contributed by atoms with Crippen molar-refractivity contribution >= 4 is 29.2 Å². The molecule has 2 N–H and O–H groups in total. The number of aromatic nitrogens is 1. The van der Waals surface area contributed by atoms with Crippen molar-refractivity contribution in [2.24, 2.45) is 0 Å². The van der Waals surface area contributed by atoms with Gasteiger partial charge in [-0.2, -0.15) is 0 Å². The van der Waals surface area contributed by atoms with Gasteiger partial charge in [-0.15, -0.1) is 0 Å². The molecule has 9 heteroatoms. The minimum Gasteiger partial charge on any atom is -0.481 e. The van der Waals surface area contributed by atoms with E-state index in [1.807, 2.05) is 0 Å². The van der Waals surface area contributed by atoms with E-state index in [4.69, 9.17) is 16.7 Å². The maximum absolute atomic E-state index is 12.0. The predicted octanol–water partition coefficient (Wildman–Crippen LogP) is 2.02. The SMILES string of the molecule is CC(CCCC(=O)O)NC(=O)c1cc(Cl)ncc1[N+](=O)[O-]. The van der Waals surface area contributed by atoms with Gasteiger partial charge in [0.1, 0.15) is 16.9 Å². The number of hydrogen-bond acceptors (Lipinski definition) is 5. The molecule has 1 atom stereocenters. The molecule has 0 aromatic carbocycles. The second-order valence-electron chi connectivity index (χ2n) is 4.44. The number of nitrogens with zero attached hydrogens (tertiary/aromatic N) is 2. The molecule has 0 bridgehead atoms. The molecule has 0 aliphatic rings. The van der Waals surface area contributed by atoms with Gasteiger partial charge in [-0.05, 0) is 25.8 Å². The molecular formula is C12H14ClN3O5. The molecule has 8 nitrogen and oxygen atoms in total. The van der Waals surface area contributed by atoms with Crippen LogP contribution in [0.4, 0.5) is 5.69 Å². The normalized spacial score (nSPS) is 11.7. The number of amides is 1. The number of carboxylic acids is 1. The molecule has 0 saturated heterocycles. The van der Waals surface area contributed by atoms with Crippen LogP contribution in [0.25, 0.3) is 0 Å². The van der Waals surface area contributed by atoms with Crippen molar-refractivity contribution in [3.63, 3.8) is 0 Å². The minimum absolute atomic E-state index is 0.00143. The molecule has 0 radical (unpaired) electrons. The Kier molecular flexibility index (Phi) is 6.04. The van der Waals surface area contributed by atoms with Gasteiger partial charge in [-0.3, -0.25) is 19.7 Å². The van der Waals surface area contributed by atoms with Crippen LogP contribution in [0.5, 0.6) is 0 Å². The van der Waals surface area contributed by atoms with E-state index in [9.17, 15) is 19.7 Å². The highest BCUT2D eigenvalue weighted by atomic mass is 35.5. The standard InChI is InChI=1S/C12H14ClN3O5/c1-7(3-2-4-11(17)18)15-12(19)8-5-10(13)14-6-9(8)16(20)21/h5-7H,2-4H2,1H3,(H,15,19)(H,17,18). The Morgan fingerprint density at radius 1 is 1.57 bits per heavy atom. The first kappa shape index (κ1) is 16.8. The van der Waals surface area contributed by atoms with Crippen LogP contribution in [0.1, 0.15) is 36.5 Å². The van der Waals surface area contributed by atoms with E-state index < -0.39 is 22.5 Å². The van der Waals surface area contributed by atoms with E-state index in [0.29, 0.717) is 12.8 Å². The second kappa shape index (κ2) is 7.53. The van der Waals surface area contributed by atoms with Crippen LogP contribution in [0.15, 0.2) is 12.3 Å². The smallest absolute Gasteiger partial charge is 0.303 e. The lowest BCUT2D eigenvalue weighted by atomic mass is 10.1. The van der Waals surface area contributed by atoms with Gasteiger partial charge in [0.05, 0.1) is 4.92 Å². The number of hydrogen-bond donors (Lipinski definition) is 2. The quantitative estimate of drug-likeness (QED) is 0.451. The van der Waals surface area contributed by atoms with Crippen molar-refractivity contribution in [1.29, 1.82) is 0 Å². The largest absolute Gasteiger partial charge is 0.481 e. The molecule has 0 aliphatic heterocycles. The average Bonchev–Trinajstić information content (AvgIpc) is 2.37. The van der Waals surface area contributed by atoms with Crippen molar-refractivity contribution < 1.29 is 19.6 Å². The highest BCUT2D eigenvalue weighted by Crippen LogP contribution is 2.20. The summed E-state index contributed by atoms with van der Waals surface area (Å²) in [7, 11) is 0. The summed E-state index contributed by atoms with van der Waals surface area (Å²) >= 11 is 5.64. The lowest BCUT2D eigenvalue weighted by molar-refractivity contribution is -0.385. The van der Waals surface area contributed by atoms with E-state index in [0.717, 1.165) is 12.3 Å². The zero-order valence-corrected chi connectivity index (χ0v) is 12.0. The van der Waals surface area contributed by atoms with Gasteiger partial charge in [0, 0.05) is 12.5 Å². The molecule has 1 aromatic rings. The van der Waals surface area contributed by atoms with Crippen molar-refractivity contribution in [2.75, 3.05) is 0 Å². The third kappa shape index (κ3) is 5.35. The van der Waals surface area contributed by atoms with Crippen LogP contribution in [-0.4, -0.2) is 32.9 Å². The van der Waals surface area contributed by atoms with Crippen LogP contribution in [0.3, 0.4) is 0 Å². The molecule has 0 spiro atoms. The number of halogens is 1. The Morgan fingerprint density at radius 3 is 2.81 bits per heavy atom. The Bertz CT molecular complexity index is 564. The summed E-state index contributed by atoms with van der Waals surface area (Å²) in [6.07, 6.45) is 1.77. The van der Waals surface area contributed by atoms with E-state index in [1.165, 1.54) is 0 Å². The monoisotopic (exact) mass is 315 g/mol. The topological polar surface area (TPSA) is 122 Å². The van der Waals surface area contributed by atoms with E-state index in [2.05, 4.69) is 10.3 Å². The summed E-state index contributed by atoms with van der Waals surface area (Å²) in [6, 6.07) is 0.808. The third-order valence-electron chi connectivity index (χ3n) is 2.70. The minimum atomic E-state index is -0.912. The Morgan fingerprint density at radius 2 is 2.24 bits per heavy atom. The van der Waals surface area contributed by atoms with Crippen LogP contribution in [0.2, 0.25) is 5.15 Å². The van der Waals surface area contributed by atoms with E-state index in [1.54, 1.807) is 6.92 Å². The molecule has 0 saturated carbocycles. The highest BCUT2D eigenvalue weighted by molar-refractivity contribution is 6.29. The lowest BCUT2D eigenvalue weighted by Crippen LogP contribution is -2.33. The van der Waals surface area contributed by atoms with Gasteiger partial charge < -0.3 is 10.4 Å². The van der Waals surface area contributed by atoms with Crippen molar-refractivity contribution in [3.8, 4) is 0 Å². The molecule has 1 rings (SSSR count). The molecule has 114 valence electrons. The van der Waals surface area contributed by atoms with Crippen LogP contribution in [0, 0.1) is 10.1 Å². The molecule has 0 fully saturated rings. The average molecular weight is 316 g/mol. The number of rotatable bonds is 7. The first-order chi connectivity index (χ1) is 9.81. The van der Waals surface area contributed by atoms with Gasteiger partial charge >= 0.3 is 5.97 Å². The zero-order valence-electron chi connectivity index (χ0n) is 11.2. The summed E-state index contributed by atoms with van der Waals surface area (Å²) in [5.41, 5.74) is -0.611. The molecule has 21 heavy (non-hydrogen) atoms. The Labute approximate surface area is 125 Å². The molecule has 1 unspecified atom stereocenters. The Balaban J connectivity index is 2.73. The number of carbonyl (C=O) groups excluding carboxylic acids is 1. The molecular weight excluding hydrogens is 302 g/mol. The number of aliphatic carboxylic acids is 1. The number of nitrogens with one attached hydrogen (secondary N) is 1. The van der Waals surface area contributed by atoms with Crippen molar-refractivity contribution in [2.45, 2.75) is 32.2 Å². The summed E-state index contributed by atoms with van der Waals surface area (Å²) in [5.74, 6) is -1.56. The van der Waals surface area contributed by atoms with Crippen LogP contribution in [-0.2, 0) is 4.79 Å². The summed E-state index contributed by atoms with van der Waals surface area (Å²) < 4.78 is 0. The first-order valence-electron chi connectivity index (χ1n) is 6.14. The number of carbonyl (C=O) groups is 2. The Hall–Kier alpha value is -2.22. The van der Waals surface area contributed by atoms with Gasteiger partial charge in [0.15, 0.2) is 0 Å². The van der Waals surface area contributed by atoms with Crippen molar-refractivity contribution in [3.05, 3.63) is 33.1 Å². The lowest BCUT2D eigenvalue weighted by Gasteiger charge is -2.13. The van der Waals surface area contributed by atoms with E-state index in [-0.39, 0.29) is 23.2 Å². The zero-order chi connectivity index (χ0) is 16.0. The summed E-state index contributed by atoms with van der Waals surface area (Å²) in [6.45, 7) is 1.69. The molecule has 0 aliphatic carbocycles. The van der Waals surface area contributed by atoms with Gasteiger partial charge in [-0.25, -0.2) is 4.98 Å². The van der Waals surface area contributed by atoms with Crippen LogP contribution >= 0.6 is 11.6 Å². The summed E-state index contributed by atoms with van der Waals surface area (Å²) in [4.78, 5) is 36.1. The maximum atomic E-state index is 12.0. The molecule has 1 aromatic heterocycles.